The molecule has 0 radical (unpaired) electrons. The molecular weight excluding hydrogens is 252 g/mol. The predicted molar refractivity (Wildman–Crippen MR) is 71.7 cm³/mol. The second-order valence-corrected chi connectivity index (χ2v) is 5.41. The fraction of sp³-hybridized carbons (Fsp3) is 0.571. The molecule has 1 aromatic rings. The molecule has 18 heavy (non-hydrogen) atoms. The van der Waals surface area contributed by atoms with Crippen LogP contribution < -0.4 is 9.47 Å². The van der Waals surface area contributed by atoms with E-state index in [1.54, 1.807) is 19.9 Å². The molecule has 0 aromatic heterocycles. The average molecular weight is 271 g/mol. The molecule has 0 bridgehead atoms. The van der Waals surface area contributed by atoms with Gasteiger partial charge in [-0.3, -0.25) is 0 Å². The first-order chi connectivity index (χ1) is 8.45. The highest BCUT2D eigenvalue weighted by molar-refractivity contribution is 6.31. The number of rotatable bonds is 2. The van der Waals surface area contributed by atoms with Crippen molar-refractivity contribution in [3.63, 3.8) is 0 Å². The molecule has 3 nitrogen and oxygen atoms in total. The number of hydrogen-bond acceptors (Lipinski definition) is 3. The van der Waals surface area contributed by atoms with Gasteiger partial charge in [-0.15, -0.1) is 0 Å². The van der Waals surface area contributed by atoms with Gasteiger partial charge in [0.1, 0.15) is 0 Å². The molecule has 0 saturated carbocycles. The van der Waals surface area contributed by atoms with Crippen LogP contribution in [0.5, 0.6) is 11.5 Å². The summed E-state index contributed by atoms with van der Waals surface area (Å²) >= 11 is 6.29. The molecule has 1 heterocycles. The van der Waals surface area contributed by atoms with Crippen molar-refractivity contribution in [2.24, 2.45) is 0 Å². The summed E-state index contributed by atoms with van der Waals surface area (Å²) in [6.45, 7) is 6.76. The van der Waals surface area contributed by atoms with Crippen LogP contribution in [0.3, 0.4) is 0 Å². The van der Waals surface area contributed by atoms with Crippen molar-refractivity contribution in [3.8, 4) is 11.5 Å². The maximum absolute atomic E-state index is 10.3. The standard InChI is InChI=1S/C14H19ClO3/c1-4-9-12(14(2,3)16)10(15)8-11-13(9)18-7-5-6-17-11/h8,16H,4-7H2,1-3H3. The number of fused-ring (bicyclic) bond motifs is 1. The third kappa shape index (κ3) is 2.43. The molecule has 2 rings (SSSR count). The molecule has 0 saturated heterocycles. The zero-order valence-corrected chi connectivity index (χ0v) is 11.8. The fourth-order valence-electron chi connectivity index (χ4n) is 2.34. The smallest absolute Gasteiger partial charge is 0.164 e. The minimum Gasteiger partial charge on any atom is -0.489 e. The van der Waals surface area contributed by atoms with Crippen molar-refractivity contribution < 1.29 is 14.6 Å². The lowest BCUT2D eigenvalue weighted by Crippen LogP contribution is -2.19. The van der Waals surface area contributed by atoms with Crippen LogP contribution in [0.25, 0.3) is 0 Å². The summed E-state index contributed by atoms with van der Waals surface area (Å²) in [6.07, 6.45) is 1.60. The van der Waals surface area contributed by atoms with Gasteiger partial charge in [0, 0.05) is 23.6 Å². The van der Waals surface area contributed by atoms with Crippen LogP contribution in [0, 0.1) is 0 Å². The topological polar surface area (TPSA) is 38.7 Å². The van der Waals surface area contributed by atoms with E-state index in [2.05, 4.69) is 0 Å². The third-order valence-electron chi connectivity index (χ3n) is 3.05. The minimum absolute atomic E-state index is 0.531. The maximum Gasteiger partial charge on any atom is 0.164 e. The zero-order valence-electron chi connectivity index (χ0n) is 11.0. The molecule has 1 N–H and O–H groups in total. The van der Waals surface area contributed by atoms with Crippen LogP contribution in [0.2, 0.25) is 5.02 Å². The van der Waals surface area contributed by atoms with Crippen LogP contribution in [0.4, 0.5) is 0 Å². The third-order valence-corrected chi connectivity index (χ3v) is 3.35. The van der Waals surface area contributed by atoms with Gasteiger partial charge >= 0.3 is 0 Å². The molecule has 0 atom stereocenters. The van der Waals surface area contributed by atoms with Crippen molar-refractivity contribution in [2.45, 2.75) is 39.2 Å². The summed E-state index contributed by atoms with van der Waals surface area (Å²) in [7, 11) is 0. The highest BCUT2D eigenvalue weighted by Crippen LogP contribution is 2.43. The Morgan fingerprint density at radius 3 is 2.61 bits per heavy atom. The van der Waals surface area contributed by atoms with Crippen LogP contribution >= 0.6 is 11.6 Å². The van der Waals surface area contributed by atoms with Gasteiger partial charge in [-0.05, 0) is 20.3 Å². The van der Waals surface area contributed by atoms with Crippen molar-refractivity contribution in [2.75, 3.05) is 13.2 Å². The average Bonchev–Trinajstić information content (AvgIpc) is 2.50. The molecule has 100 valence electrons. The van der Waals surface area contributed by atoms with Gasteiger partial charge in [-0.25, -0.2) is 0 Å². The Labute approximate surface area is 113 Å². The lowest BCUT2D eigenvalue weighted by atomic mass is 9.91. The monoisotopic (exact) mass is 270 g/mol. The molecule has 1 aliphatic heterocycles. The Bertz CT molecular complexity index is 449. The Hall–Kier alpha value is -0.930. The van der Waals surface area contributed by atoms with E-state index in [1.807, 2.05) is 6.92 Å². The SMILES string of the molecule is CCc1c2c(cc(Cl)c1C(C)(C)O)OCCCO2. The zero-order chi connectivity index (χ0) is 13.3. The minimum atomic E-state index is -0.993. The summed E-state index contributed by atoms with van der Waals surface area (Å²) in [5.74, 6) is 1.42. The fourth-order valence-corrected chi connectivity index (χ4v) is 2.78. The van der Waals surface area contributed by atoms with Crippen molar-refractivity contribution in [1.29, 1.82) is 0 Å². The molecule has 0 spiro atoms. The van der Waals surface area contributed by atoms with Crippen molar-refractivity contribution in [3.05, 3.63) is 22.2 Å². The first-order valence-corrected chi connectivity index (χ1v) is 6.66. The van der Waals surface area contributed by atoms with Crippen molar-refractivity contribution >= 4 is 11.6 Å². The quantitative estimate of drug-likeness (QED) is 0.896. The summed E-state index contributed by atoms with van der Waals surface area (Å²) in [5.41, 5.74) is 0.676. The summed E-state index contributed by atoms with van der Waals surface area (Å²) in [4.78, 5) is 0. The van der Waals surface area contributed by atoms with Crippen molar-refractivity contribution in [1.82, 2.24) is 0 Å². The van der Waals surface area contributed by atoms with Crippen LogP contribution in [0.15, 0.2) is 6.07 Å². The van der Waals surface area contributed by atoms with E-state index in [0.717, 1.165) is 29.7 Å². The molecule has 1 aliphatic rings. The Morgan fingerprint density at radius 2 is 2.00 bits per heavy atom. The maximum atomic E-state index is 10.3. The van der Waals surface area contributed by atoms with Crippen LogP contribution in [-0.4, -0.2) is 18.3 Å². The highest BCUT2D eigenvalue weighted by atomic mass is 35.5. The second-order valence-electron chi connectivity index (χ2n) is 5.00. The lowest BCUT2D eigenvalue weighted by Gasteiger charge is -2.25. The number of aliphatic hydroxyl groups is 1. The van der Waals surface area contributed by atoms with Gasteiger partial charge < -0.3 is 14.6 Å². The number of ether oxygens (including phenoxy) is 2. The van der Waals surface area contributed by atoms with Crippen LogP contribution in [-0.2, 0) is 12.0 Å². The van der Waals surface area contributed by atoms with Crippen LogP contribution in [0.1, 0.15) is 38.3 Å². The molecule has 0 aliphatic carbocycles. The Morgan fingerprint density at radius 1 is 1.33 bits per heavy atom. The molecule has 1 aromatic carbocycles. The number of hydrogen-bond donors (Lipinski definition) is 1. The van der Waals surface area contributed by atoms with E-state index in [9.17, 15) is 5.11 Å². The lowest BCUT2D eigenvalue weighted by molar-refractivity contribution is 0.0773. The van der Waals surface area contributed by atoms with E-state index < -0.39 is 5.60 Å². The number of benzene rings is 1. The summed E-state index contributed by atoms with van der Waals surface area (Å²) in [5, 5.41) is 10.8. The number of halogens is 1. The largest absolute Gasteiger partial charge is 0.489 e. The molecule has 0 amide bonds. The van der Waals surface area contributed by atoms with E-state index in [0.29, 0.717) is 24.0 Å². The Balaban J connectivity index is 2.65. The van der Waals surface area contributed by atoms with Gasteiger partial charge in [-0.1, -0.05) is 18.5 Å². The molecule has 4 heteroatoms. The van der Waals surface area contributed by atoms with Gasteiger partial charge in [0.05, 0.1) is 23.8 Å². The van der Waals surface area contributed by atoms with E-state index in [-0.39, 0.29) is 0 Å². The molecular formula is C14H19ClO3. The first-order valence-electron chi connectivity index (χ1n) is 6.29. The predicted octanol–water partition coefficient (Wildman–Crippen LogP) is 3.29. The normalized spacial score (nSPS) is 15.4. The summed E-state index contributed by atoms with van der Waals surface area (Å²) in [6, 6.07) is 1.74. The highest BCUT2D eigenvalue weighted by Gasteiger charge is 2.28. The van der Waals surface area contributed by atoms with E-state index in [1.165, 1.54) is 0 Å². The first kappa shape index (κ1) is 13.5. The van der Waals surface area contributed by atoms with Gasteiger partial charge in [0.15, 0.2) is 11.5 Å². The van der Waals surface area contributed by atoms with Gasteiger partial charge in [0.2, 0.25) is 0 Å². The second kappa shape index (κ2) is 4.98. The molecule has 0 fully saturated rings. The van der Waals surface area contributed by atoms with E-state index >= 15 is 0 Å². The van der Waals surface area contributed by atoms with E-state index in [4.69, 9.17) is 21.1 Å². The molecule has 0 unspecified atom stereocenters. The summed E-state index contributed by atoms with van der Waals surface area (Å²) < 4.78 is 11.4. The van der Waals surface area contributed by atoms with Gasteiger partial charge in [0.25, 0.3) is 0 Å². The van der Waals surface area contributed by atoms with Gasteiger partial charge in [-0.2, -0.15) is 0 Å². The Kier molecular flexibility index (Phi) is 3.74.